The van der Waals surface area contributed by atoms with Crippen LogP contribution in [0.2, 0.25) is 0 Å². The number of likely N-dealkylation sites (tertiary alicyclic amines) is 1. The number of nitrogens with one attached hydrogen (secondary N) is 1. The van der Waals surface area contributed by atoms with E-state index in [9.17, 15) is 28.8 Å². The molecule has 1 unspecified atom stereocenters. The lowest BCUT2D eigenvalue weighted by molar-refractivity contribution is -0.135. The van der Waals surface area contributed by atoms with E-state index in [0.29, 0.717) is 18.7 Å². The number of hydrogen-bond donors (Lipinski definition) is 1. The zero-order valence-corrected chi connectivity index (χ0v) is 19.6. The molecule has 180 valence electrons. The van der Waals surface area contributed by atoms with Crippen molar-refractivity contribution in [2.75, 3.05) is 6.54 Å². The summed E-state index contributed by atoms with van der Waals surface area (Å²) in [5.41, 5.74) is 0.762. The summed E-state index contributed by atoms with van der Waals surface area (Å²) in [4.78, 5) is 53.8. The first-order valence-corrected chi connectivity index (χ1v) is 11.6. The molecule has 0 aliphatic carbocycles. The minimum atomic E-state index is -1.64. The Morgan fingerprint density at radius 3 is 2.71 bits per heavy atom. The molecule has 2 saturated heterocycles. The summed E-state index contributed by atoms with van der Waals surface area (Å²) in [6.07, 6.45) is 0.00708. The van der Waals surface area contributed by atoms with E-state index in [2.05, 4.69) is 5.32 Å². The second kappa shape index (κ2) is 8.82. The van der Waals surface area contributed by atoms with E-state index in [1.165, 1.54) is 11.8 Å². The average Bonchev–Trinajstić information content (AvgIpc) is 3.47. The quantitative estimate of drug-likeness (QED) is 0.666. The molecule has 0 bridgehead atoms. The maximum absolute atomic E-state index is 14.4. The maximum atomic E-state index is 14.4. The van der Waals surface area contributed by atoms with Gasteiger partial charge in [0.05, 0.1) is 12.6 Å². The van der Waals surface area contributed by atoms with E-state index in [4.69, 9.17) is 0 Å². The van der Waals surface area contributed by atoms with E-state index in [1.807, 2.05) is 32.0 Å². The van der Waals surface area contributed by atoms with Crippen molar-refractivity contribution in [3.63, 3.8) is 0 Å². The number of fused-ring (bicyclic) bond motifs is 1. The number of carbonyl (C=O) groups is 4. The highest BCUT2D eigenvalue weighted by Gasteiger charge is 2.47. The van der Waals surface area contributed by atoms with Crippen LogP contribution in [0, 0.1) is 23.2 Å². The molecule has 8 nitrogen and oxygen atoms in total. The first kappa shape index (κ1) is 23.9. The van der Waals surface area contributed by atoms with Crippen LogP contribution in [-0.4, -0.2) is 57.6 Å². The van der Waals surface area contributed by atoms with Gasteiger partial charge >= 0.3 is 0 Å². The van der Waals surface area contributed by atoms with Gasteiger partial charge in [-0.2, -0.15) is 5.26 Å². The first-order valence-electron chi connectivity index (χ1n) is 11.6. The lowest BCUT2D eigenvalue weighted by Crippen LogP contribution is -2.46. The summed E-state index contributed by atoms with van der Waals surface area (Å²) in [5.74, 6) is -1.90. The second-order valence-corrected chi connectivity index (χ2v) is 10.1. The van der Waals surface area contributed by atoms with Gasteiger partial charge in [0, 0.05) is 43.3 Å². The molecule has 2 fully saturated rings. The summed E-state index contributed by atoms with van der Waals surface area (Å²) in [5, 5.41) is 11.9. The number of ketones is 1. The molecule has 1 N–H and O–H groups in total. The first-order chi connectivity index (χ1) is 16.0. The molecule has 4 atom stereocenters. The van der Waals surface area contributed by atoms with Gasteiger partial charge in [0.2, 0.25) is 17.7 Å². The molecule has 0 spiro atoms. The number of benzene rings is 1. The lowest BCUT2D eigenvalue weighted by atomic mass is 9.94. The standard InChI is InChI=1S/C25H29FN4O4/c1-14(2)22(32)18-6-4-5-15-11-29(12-19(15)18)21(31)8-16-7-20(28-23(16)33)24(34)30-13-25(3,26)9-17(30)10-27/h4-6,14,16-17,20H,7-9,11-13H2,1-3H3,(H,28,33)/t16-,17-,20-,25?/m0/s1. The maximum Gasteiger partial charge on any atom is 0.246 e. The second-order valence-electron chi connectivity index (χ2n) is 10.1. The Bertz CT molecular complexity index is 1090. The van der Waals surface area contributed by atoms with Crippen molar-refractivity contribution < 1.29 is 23.6 Å². The van der Waals surface area contributed by atoms with Gasteiger partial charge < -0.3 is 15.1 Å². The van der Waals surface area contributed by atoms with Crippen molar-refractivity contribution in [3.05, 3.63) is 34.9 Å². The van der Waals surface area contributed by atoms with Gasteiger partial charge in [0.15, 0.2) is 5.78 Å². The Morgan fingerprint density at radius 1 is 1.29 bits per heavy atom. The van der Waals surface area contributed by atoms with Crippen LogP contribution in [0.15, 0.2) is 18.2 Å². The summed E-state index contributed by atoms with van der Waals surface area (Å²) < 4.78 is 14.4. The molecular formula is C25H29FN4O4. The number of rotatable bonds is 5. The third kappa shape index (κ3) is 4.41. The molecule has 0 saturated carbocycles. The highest BCUT2D eigenvalue weighted by molar-refractivity contribution is 5.99. The number of nitriles is 1. The van der Waals surface area contributed by atoms with Gasteiger partial charge in [0.25, 0.3) is 0 Å². The molecule has 0 aromatic heterocycles. The monoisotopic (exact) mass is 468 g/mol. The fraction of sp³-hybridized carbons (Fsp3) is 0.560. The summed E-state index contributed by atoms with van der Waals surface area (Å²) in [7, 11) is 0. The fourth-order valence-electron chi connectivity index (χ4n) is 5.15. The minimum absolute atomic E-state index is 0.0321. The van der Waals surface area contributed by atoms with Crippen molar-refractivity contribution in [1.29, 1.82) is 5.26 Å². The van der Waals surface area contributed by atoms with Crippen LogP contribution in [0.3, 0.4) is 0 Å². The molecule has 1 aromatic carbocycles. The molecule has 3 aliphatic rings. The molecule has 0 radical (unpaired) electrons. The van der Waals surface area contributed by atoms with Crippen LogP contribution in [0.5, 0.6) is 0 Å². The predicted molar refractivity (Wildman–Crippen MR) is 120 cm³/mol. The highest BCUT2D eigenvalue weighted by Crippen LogP contribution is 2.33. The van der Waals surface area contributed by atoms with Gasteiger partial charge in [-0.15, -0.1) is 0 Å². The number of hydrogen-bond acceptors (Lipinski definition) is 5. The zero-order chi connectivity index (χ0) is 24.8. The van der Waals surface area contributed by atoms with Crippen LogP contribution >= 0.6 is 0 Å². The fourth-order valence-corrected chi connectivity index (χ4v) is 5.15. The Kier molecular flexibility index (Phi) is 6.19. The third-order valence-electron chi connectivity index (χ3n) is 6.98. The van der Waals surface area contributed by atoms with Crippen molar-refractivity contribution in [2.24, 2.45) is 11.8 Å². The van der Waals surface area contributed by atoms with Crippen LogP contribution in [-0.2, 0) is 27.5 Å². The Balaban J connectivity index is 1.39. The largest absolute Gasteiger partial charge is 0.344 e. The topological polar surface area (TPSA) is 111 Å². The number of Topliss-reactive ketones (excluding diaryl/α,β-unsaturated/α-hetero) is 1. The SMILES string of the molecule is CC(C)C(=O)c1cccc2c1CN(C(=O)C[C@@H]1C[C@@H](C(=O)N3CC(C)(F)C[C@H]3C#N)NC1=O)C2. The van der Waals surface area contributed by atoms with Gasteiger partial charge in [-0.3, -0.25) is 19.2 Å². The number of halogens is 1. The zero-order valence-electron chi connectivity index (χ0n) is 19.6. The Hall–Kier alpha value is -3.28. The van der Waals surface area contributed by atoms with Crippen molar-refractivity contribution in [2.45, 2.75) is 70.9 Å². The van der Waals surface area contributed by atoms with E-state index in [-0.39, 0.29) is 43.4 Å². The van der Waals surface area contributed by atoms with Crippen LogP contribution < -0.4 is 5.32 Å². The summed E-state index contributed by atoms with van der Waals surface area (Å²) >= 11 is 0. The van der Waals surface area contributed by atoms with Crippen molar-refractivity contribution in [1.82, 2.24) is 15.1 Å². The van der Waals surface area contributed by atoms with Gasteiger partial charge in [0.1, 0.15) is 17.8 Å². The molecular weight excluding hydrogens is 439 g/mol. The number of amides is 3. The summed E-state index contributed by atoms with van der Waals surface area (Å²) in [6, 6.07) is 5.72. The van der Waals surface area contributed by atoms with Crippen LogP contribution in [0.25, 0.3) is 0 Å². The molecule has 3 aliphatic heterocycles. The number of alkyl halides is 1. The molecule has 1 aromatic rings. The van der Waals surface area contributed by atoms with Crippen LogP contribution in [0.1, 0.15) is 61.5 Å². The molecule has 4 rings (SSSR count). The number of nitrogens with zero attached hydrogens (tertiary/aromatic N) is 3. The Labute approximate surface area is 198 Å². The third-order valence-corrected chi connectivity index (χ3v) is 6.98. The van der Waals surface area contributed by atoms with Crippen molar-refractivity contribution >= 4 is 23.5 Å². The van der Waals surface area contributed by atoms with E-state index < -0.39 is 35.5 Å². The normalized spacial score (nSPS) is 28.1. The molecule has 34 heavy (non-hydrogen) atoms. The molecule has 3 amide bonds. The number of carbonyl (C=O) groups excluding carboxylic acids is 4. The lowest BCUT2D eigenvalue weighted by Gasteiger charge is -2.23. The van der Waals surface area contributed by atoms with Gasteiger partial charge in [-0.05, 0) is 24.5 Å². The molecule has 9 heteroatoms. The van der Waals surface area contributed by atoms with E-state index in [0.717, 1.165) is 11.1 Å². The average molecular weight is 469 g/mol. The minimum Gasteiger partial charge on any atom is -0.344 e. The van der Waals surface area contributed by atoms with E-state index >= 15 is 0 Å². The predicted octanol–water partition coefficient (Wildman–Crippen LogP) is 2.11. The van der Waals surface area contributed by atoms with Gasteiger partial charge in [-0.25, -0.2) is 4.39 Å². The summed E-state index contributed by atoms with van der Waals surface area (Å²) in [6.45, 7) is 5.52. The van der Waals surface area contributed by atoms with Crippen LogP contribution in [0.4, 0.5) is 4.39 Å². The molecule has 3 heterocycles. The Morgan fingerprint density at radius 2 is 2.03 bits per heavy atom. The van der Waals surface area contributed by atoms with E-state index in [1.54, 1.807) is 11.0 Å². The van der Waals surface area contributed by atoms with Gasteiger partial charge in [-0.1, -0.05) is 32.0 Å². The van der Waals surface area contributed by atoms with Crippen molar-refractivity contribution in [3.8, 4) is 6.07 Å². The smallest absolute Gasteiger partial charge is 0.246 e. The highest BCUT2D eigenvalue weighted by atomic mass is 19.1.